The number of amides is 1. The highest BCUT2D eigenvalue weighted by Gasteiger charge is 2.32. The molecule has 94 valence electrons. The zero-order valence-electron chi connectivity index (χ0n) is 8.81. The van der Waals surface area contributed by atoms with Gasteiger partial charge in [0.25, 0.3) is 15.9 Å². The second-order valence-electron chi connectivity index (χ2n) is 3.30. The van der Waals surface area contributed by atoms with Crippen LogP contribution in [0.15, 0.2) is 41.1 Å². The molecule has 0 aliphatic carbocycles. The molecule has 0 aliphatic heterocycles. The number of anilines is 1. The molecule has 0 aliphatic rings. The first kappa shape index (κ1) is 13.1. The van der Waals surface area contributed by atoms with E-state index in [0.717, 1.165) is 5.69 Å². The molecule has 8 heteroatoms. The van der Waals surface area contributed by atoms with E-state index in [0.29, 0.717) is 0 Å². The Balaban J connectivity index is 2.15. The fourth-order valence-corrected chi connectivity index (χ4v) is 1.33. The number of carbonyl (C=O) groups is 1. The van der Waals surface area contributed by atoms with Crippen LogP contribution in [0.5, 0.6) is 0 Å². The molecule has 2 aromatic rings. The summed E-state index contributed by atoms with van der Waals surface area (Å²) in [7, 11) is 0. The lowest BCUT2D eigenvalue weighted by Gasteiger charge is -2.06. The maximum absolute atomic E-state index is 11.4. The number of carbonyl (C=O) groups excluding carboxylic acids is 1. The average Bonchev–Trinajstić information content (AvgIpc) is 2.77. The zero-order chi connectivity index (χ0) is 13.2. The zero-order valence-corrected chi connectivity index (χ0v) is 11.1. The van der Waals surface area contributed by atoms with E-state index >= 15 is 0 Å². The van der Waals surface area contributed by atoms with Crippen molar-refractivity contribution < 1.29 is 14.0 Å². The summed E-state index contributed by atoms with van der Waals surface area (Å²) < 4.78 is 4.28. The molecule has 1 amide bonds. The highest BCUT2D eigenvalue weighted by atomic mass is 35.6. The molecule has 0 unspecified atom stereocenters. The number of alkyl halides is 3. The van der Waals surface area contributed by atoms with Crippen molar-refractivity contribution in [1.82, 2.24) is 5.27 Å². The first-order valence-electron chi connectivity index (χ1n) is 4.79. The van der Waals surface area contributed by atoms with Crippen molar-refractivity contribution in [1.29, 1.82) is 0 Å². The summed E-state index contributed by atoms with van der Waals surface area (Å²) >= 11 is 16.2. The van der Waals surface area contributed by atoms with Gasteiger partial charge in [-0.1, -0.05) is 53.0 Å². The van der Waals surface area contributed by atoms with Gasteiger partial charge in [0.05, 0.1) is 0 Å². The average molecular weight is 308 g/mol. The van der Waals surface area contributed by atoms with Crippen molar-refractivity contribution in [2.75, 3.05) is 5.32 Å². The van der Waals surface area contributed by atoms with Crippen molar-refractivity contribution in [3.63, 3.8) is 0 Å². The van der Waals surface area contributed by atoms with Gasteiger partial charge in [-0.15, -0.1) is 0 Å². The molecule has 0 bridgehead atoms. The van der Waals surface area contributed by atoms with Crippen LogP contribution in [-0.4, -0.2) is 15.0 Å². The van der Waals surface area contributed by atoms with Crippen LogP contribution >= 0.6 is 34.8 Å². The number of aromatic nitrogens is 2. The van der Waals surface area contributed by atoms with Crippen molar-refractivity contribution in [2.45, 2.75) is 3.79 Å². The minimum atomic E-state index is -2.05. The van der Waals surface area contributed by atoms with E-state index in [-0.39, 0.29) is 5.88 Å². The van der Waals surface area contributed by atoms with E-state index < -0.39 is 9.70 Å². The Morgan fingerprint density at radius 1 is 1.28 bits per heavy atom. The SMILES string of the molecule is O=C(Nc1c[n+](-c2ccccc2)no1)C(Cl)(Cl)Cl. The second-order valence-corrected chi connectivity index (χ2v) is 5.58. The Hall–Kier alpha value is -1.30. The second kappa shape index (κ2) is 5.14. The van der Waals surface area contributed by atoms with E-state index in [1.54, 1.807) is 0 Å². The molecule has 1 N–H and O–H groups in total. The molecule has 1 aromatic heterocycles. The van der Waals surface area contributed by atoms with Gasteiger partial charge < -0.3 is 0 Å². The summed E-state index contributed by atoms with van der Waals surface area (Å²) in [5, 5.41) is 6.01. The van der Waals surface area contributed by atoms with Crippen LogP contribution in [0.2, 0.25) is 0 Å². The molecule has 2 rings (SSSR count). The number of rotatable bonds is 2. The minimum Gasteiger partial charge on any atom is -0.285 e. The number of nitrogens with zero attached hydrogens (tertiary/aromatic N) is 2. The molecule has 0 saturated heterocycles. The van der Waals surface area contributed by atoms with E-state index in [1.165, 1.54) is 10.9 Å². The number of hydrogen-bond acceptors (Lipinski definition) is 3. The third kappa shape index (κ3) is 3.13. The van der Waals surface area contributed by atoms with Gasteiger partial charge in [-0.25, -0.2) is 0 Å². The first-order valence-corrected chi connectivity index (χ1v) is 5.92. The largest absolute Gasteiger partial charge is 0.302 e. The predicted molar refractivity (Wildman–Crippen MR) is 67.0 cm³/mol. The van der Waals surface area contributed by atoms with Crippen LogP contribution < -0.4 is 10.00 Å². The number of hydrogen-bond donors (Lipinski definition) is 1. The van der Waals surface area contributed by atoms with Crippen molar-refractivity contribution in [3.8, 4) is 5.69 Å². The first-order chi connectivity index (χ1) is 8.47. The minimum absolute atomic E-state index is 0.0789. The molecular weight excluding hydrogens is 300 g/mol. The number of para-hydroxylation sites is 1. The maximum atomic E-state index is 11.4. The summed E-state index contributed by atoms with van der Waals surface area (Å²) in [4.78, 5) is 11.4. The van der Waals surface area contributed by atoms with E-state index in [2.05, 4.69) is 10.6 Å². The molecule has 1 heterocycles. The van der Waals surface area contributed by atoms with E-state index in [9.17, 15) is 4.79 Å². The quantitative estimate of drug-likeness (QED) is 0.684. The Morgan fingerprint density at radius 3 is 2.56 bits per heavy atom. The van der Waals surface area contributed by atoms with Crippen LogP contribution in [0.1, 0.15) is 0 Å². The molecular formula is C10H7Cl3N3O2+. The Bertz CT molecular complexity index is 551. The summed E-state index contributed by atoms with van der Waals surface area (Å²) in [6.45, 7) is 0. The predicted octanol–water partition coefficient (Wildman–Crippen LogP) is 2.26. The number of nitrogens with one attached hydrogen (secondary N) is 1. The normalized spacial score (nSPS) is 11.3. The molecule has 18 heavy (non-hydrogen) atoms. The lowest BCUT2D eigenvalue weighted by atomic mass is 10.3. The van der Waals surface area contributed by atoms with E-state index in [1.807, 2.05) is 30.3 Å². The van der Waals surface area contributed by atoms with Crippen LogP contribution in [0, 0.1) is 0 Å². The molecule has 0 saturated carbocycles. The number of benzene rings is 1. The maximum Gasteiger partial charge on any atom is 0.302 e. The van der Waals surface area contributed by atoms with Crippen molar-refractivity contribution in [3.05, 3.63) is 36.5 Å². The summed E-state index contributed by atoms with van der Waals surface area (Å²) in [5.41, 5.74) is 0.774. The summed E-state index contributed by atoms with van der Waals surface area (Å²) in [5.74, 6) is -0.737. The lowest BCUT2D eigenvalue weighted by molar-refractivity contribution is -0.670. The monoisotopic (exact) mass is 306 g/mol. The van der Waals surface area contributed by atoms with Crippen LogP contribution in [0.3, 0.4) is 0 Å². The standard InChI is InChI=1S/C10H6Cl3N3O2/c11-10(12,13)9(17)14-8-6-16(15-18-8)7-4-2-1-3-5-7/h1-6H/p+1. The molecule has 5 nitrogen and oxygen atoms in total. The van der Waals surface area contributed by atoms with Gasteiger partial charge >= 0.3 is 5.88 Å². The fraction of sp³-hybridized carbons (Fsp3) is 0.100. The highest BCUT2D eigenvalue weighted by molar-refractivity contribution is 6.76. The van der Waals surface area contributed by atoms with Gasteiger partial charge in [0, 0.05) is 12.1 Å². The number of halogens is 3. The summed E-state index contributed by atoms with van der Waals surface area (Å²) in [6, 6.07) is 9.20. The van der Waals surface area contributed by atoms with E-state index in [4.69, 9.17) is 39.3 Å². The van der Waals surface area contributed by atoms with Gasteiger partial charge in [-0.3, -0.25) is 14.6 Å². The van der Waals surface area contributed by atoms with Crippen molar-refractivity contribution >= 4 is 46.6 Å². The highest BCUT2D eigenvalue weighted by Crippen LogP contribution is 2.27. The van der Waals surface area contributed by atoms with Crippen LogP contribution in [0.4, 0.5) is 5.88 Å². The third-order valence-electron chi connectivity index (χ3n) is 1.98. The van der Waals surface area contributed by atoms with Crippen molar-refractivity contribution in [2.24, 2.45) is 0 Å². The molecule has 0 atom stereocenters. The van der Waals surface area contributed by atoms with Gasteiger partial charge in [0.2, 0.25) is 11.0 Å². The van der Waals surface area contributed by atoms with Gasteiger partial charge in [-0.2, -0.15) is 0 Å². The van der Waals surface area contributed by atoms with Gasteiger partial charge in [-0.05, 0) is 4.68 Å². The molecule has 1 aromatic carbocycles. The molecule has 0 spiro atoms. The Labute approximate surface area is 117 Å². The Morgan fingerprint density at radius 2 is 1.94 bits per heavy atom. The molecule has 0 radical (unpaired) electrons. The summed E-state index contributed by atoms with van der Waals surface area (Å²) in [6.07, 6.45) is 1.46. The topological polar surface area (TPSA) is 59.0 Å². The lowest BCUT2D eigenvalue weighted by Crippen LogP contribution is -2.31. The third-order valence-corrected chi connectivity index (χ3v) is 2.50. The van der Waals surface area contributed by atoms with Gasteiger partial charge in [0.1, 0.15) is 0 Å². The fourth-order valence-electron chi connectivity index (χ4n) is 1.19. The smallest absolute Gasteiger partial charge is 0.285 e. The van der Waals surface area contributed by atoms with Gasteiger partial charge in [0.15, 0.2) is 0 Å². The van der Waals surface area contributed by atoms with Crippen LogP contribution in [0.25, 0.3) is 5.69 Å². The Kier molecular flexibility index (Phi) is 3.75. The molecule has 0 fully saturated rings. The van der Waals surface area contributed by atoms with Crippen LogP contribution in [-0.2, 0) is 4.79 Å².